The van der Waals surface area contributed by atoms with E-state index in [1.807, 2.05) is 13.0 Å². The van der Waals surface area contributed by atoms with Gasteiger partial charge in [0.25, 0.3) is 0 Å². The normalized spacial score (nSPS) is 30.1. The van der Waals surface area contributed by atoms with Gasteiger partial charge in [-0.15, -0.1) is 0 Å². The highest BCUT2D eigenvalue weighted by molar-refractivity contribution is 5.62. The summed E-state index contributed by atoms with van der Waals surface area (Å²) in [6.45, 7) is 4.31. The largest absolute Gasteiger partial charge is 0.356 e. The molecule has 0 unspecified atom stereocenters. The Morgan fingerprint density at radius 2 is 2.27 bits per heavy atom. The van der Waals surface area contributed by atoms with E-state index >= 15 is 0 Å². The van der Waals surface area contributed by atoms with E-state index in [9.17, 15) is 0 Å². The van der Waals surface area contributed by atoms with Crippen molar-refractivity contribution in [3.63, 3.8) is 0 Å². The van der Waals surface area contributed by atoms with Crippen LogP contribution in [0.15, 0.2) is 16.7 Å². The molecule has 1 fully saturated rings. The van der Waals surface area contributed by atoms with Crippen LogP contribution in [0.25, 0.3) is 5.57 Å². The van der Waals surface area contributed by atoms with Gasteiger partial charge in [-0.25, -0.2) is 0 Å². The minimum Gasteiger partial charge on any atom is -0.356 e. The first-order chi connectivity index (χ1) is 7.33. The van der Waals surface area contributed by atoms with Crippen LogP contribution in [0, 0.1) is 18.8 Å². The van der Waals surface area contributed by atoms with Crippen LogP contribution in [-0.4, -0.2) is 18.2 Å². The van der Waals surface area contributed by atoms with Gasteiger partial charge >= 0.3 is 0 Å². The average Bonchev–Trinajstić information content (AvgIpc) is 2.84. The Morgan fingerprint density at radius 3 is 3.07 bits per heavy atom. The minimum absolute atomic E-state index is 0.801. The Hall–Kier alpha value is -1.09. The predicted molar refractivity (Wildman–Crippen MR) is 58.3 cm³/mol. The SMILES string of the molecule is Cc1cc(C2=CC[C@H]3CNC[C@H]3C2)on1. The number of aromatic nitrogens is 1. The van der Waals surface area contributed by atoms with Crippen LogP contribution in [0.1, 0.15) is 24.3 Å². The predicted octanol–water partition coefficient (Wildman–Crippen LogP) is 2.00. The molecule has 3 nitrogen and oxygen atoms in total. The van der Waals surface area contributed by atoms with E-state index in [1.54, 1.807) is 0 Å². The van der Waals surface area contributed by atoms with E-state index in [2.05, 4.69) is 16.5 Å². The highest BCUT2D eigenvalue weighted by Gasteiger charge is 2.31. The maximum Gasteiger partial charge on any atom is 0.162 e. The molecular weight excluding hydrogens is 188 g/mol. The van der Waals surface area contributed by atoms with Gasteiger partial charge < -0.3 is 9.84 Å². The molecule has 3 heteroatoms. The van der Waals surface area contributed by atoms with Crippen LogP contribution in [0.3, 0.4) is 0 Å². The number of allylic oxidation sites excluding steroid dienone is 2. The van der Waals surface area contributed by atoms with E-state index < -0.39 is 0 Å². The van der Waals surface area contributed by atoms with Crippen molar-refractivity contribution in [2.75, 3.05) is 13.1 Å². The molecule has 0 amide bonds. The fourth-order valence-corrected chi connectivity index (χ4v) is 2.68. The van der Waals surface area contributed by atoms with Gasteiger partial charge in [0.1, 0.15) is 0 Å². The molecule has 0 aromatic carbocycles. The molecule has 0 radical (unpaired) electrons. The number of nitrogens with zero attached hydrogens (tertiary/aromatic N) is 1. The maximum absolute atomic E-state index is 5.31. The lowest BCUT2D eigenvalue weighted by Gasteiger charge is -2.22. The molecule has 1 saturated heterocycles. The topological polar surface area (TPSA) is 38.1 Å². The summed E-state index contributed by atoms with van der Waals surface area (Å²) in [6.07, 6.45) is 4.66. The van der Waals surface area contributed by atoms with Gasteiger partial charge in [0.05, 0.1) is 5.69 Å². The highest BCUT2D eigenvalue weighted by Crippen LogP contribution is 2.36. The first kappa shape index (κ1) is 9.16. The van der Waals surface area contributed by atoms with E-state index in [1.165, 1.54) is 18.5 Å². The summed E-state index contributed by atoms with van der Waals surface area (Å²) >= 11 is 0. The minimum atomic E-state index is 0.801. The molecule has 0 spiro atoms. The molecule has 0 bridgehead atoms. The molecule has 1 aromatic heterocycles. The summed E-state index contributed by atoms with van der Waals surface area (Å²) in [6, 6.07) is 2.04. The molecule has 2 atom stereocenters. The van der Waals surface area contributed by atoms with Gasteiger partial charge in [-0.05, 0) is 50.3 Å². The van der Waals surface area contributed by atoms with Crippen LogP contribution in [0.4, 0.5) is 0 Å². The van der Waals surface area contributed by atoms with Crippen LogP contribution in [0.5, 0.6) is 0 Å². The summed E-state index contributed by atoms with van der Waals surface area (Å²) in [4.78, 5) is 0. The van der Waals surface area contributed by atoms with Crippen molar-refractivity contribution in [2.45, 2.75) is 19.8 Å². The summed E-state index contributed by atoms with van der Waals surface area (Å²) in [7, 11) is 0. The van der Waals surface area contributed by atoms with Gasteiger partial charge in [0.15, 0.2) is 5.76 Å². The molecule has 3 rings (SSSR count). The quantitative estimate of drug-likeness (QED) is 0.760. The number of rotatable bonds is 1. The monoisotopic (exact) mass is 204 g/mol. The molecular formula is C12H16N2O. The van der Waals surface area contributed by atoms with Gasteiger partial charge in [-0.2, -0.15) is 0 Å². The summed E-state index contributed by atoms with van der Waals surface area (Å²) in [5, 5.41) is 7.41. The molecule has 2 aliphatic rings. The standard InChI is InChI=1S/C12H16N2O/c1-8-4-12(15-14-8)9-2-3-10-6-13-7-11(10)5-9/h2,4,10-11,13H,3,5-7H2,1H3/t10-,11+/m0/s1. The summed E-state index contributed by atoms with van der Waals surface area (Å²) in [5.41, 5.74) is 2.32. The second-order valence-corrected chi connectivity index (χ2v) is 4.68. The number of hydrogen-bond acceptors (Lipinski definition) is 3. The Kier molecular flexibility index (Phi) is 2.13. The lowest BCUT2D eigenvalue weighted by molar-refractivity contribution is 0.385. The molecule has 1 aliphatic heterocycles. The molecule has 2 heterocycles. The summed E-state index contributed by atoms with van der Waals surface area (Å²) < 4.78 is 5.31. The van der Waals surface area contributed by atoms with Crippen molar-refractivity contribution in [1.82, 2.24) is 10.5 Å². The number of fused-ring (bicyclic) bond motifs is 1. The van der Waals surface area contributed by atoms with Crippen molar-refractivity contribution in [1.29, 1.82) is 0 Å². The zero-order valence-corrected chi connectivity index (χ0v) is 8.99. The van der Waals surface area contributed by atoms with Crippen LogP contribution >= 0.6 is 0 Å². The number of aryl methyl sites for hydroxylation is 1. The smallest absolute Gasteiger partial charge is 0.162 e. The fourth-order valence-electron chi connectivity index (χ4n) is 2.68. The fraction of sp³-hybridized carbons (Fsp3) is 0.583. The lowest BCUT2D eigenvalue weighted by atomic mass is 9.81. The molecule has 1 N–H and O–H groups in total. The van der Waals surface area contributed by atoms with Gasteiger partial charge in [0.2, 0.25) is 0 Å². The second-order valence-electron chi connectivity index (χ2n) is 4.68. The van der Waals surface area contributed by atoms with Gasteiger partial charge in [-0.1, -0.05) is 11.2 Å². The summed E-state index contributed by atoms with van der Waals surface area (Å²) in [5.74, 6) is 2.62. The van der Waals surface area contributed by atoms with E-state index in [0.717, 1.165) is 36.3 Å². The van der Waals surface area contributed by atoms with Gasteiger partial charge in [0, 0.05) is 6.07 Å². The third kappa shape index (κ3) is 1.61. The highest BCUT2D eigenvalue weighted by atomic mass is 16.5. The van der Waals surface area contributed by atoms with Crippen molar-refractivity contribution < 1.29 is 4.52 Å². The molecule has 80 valence electrons. The van der Waals surface area contributed by atoms with Crippen molar-refractivity contribution in [2.24, 2.45) is 11.8 Å². The average molecular weight is 204 g/mol. The van der Waals surface area contributed by atoms with E-state index in [0.29, 0.717) is 0 Å². The first-order valence-corrected chi connectivity index (χ1v) is 5.66. The molecule has 1 aliphatic carbocycles. The molecule has 15 heavy (non-hydrogen) atoms. The lowest BCUT2D eigenvalue weighted by Crippen LogP contribution is -2.16. The second kappa shape index (κ2) is 3.49. The first-order valence-electron chi connectivity index (χ1n) is 5.66. The van der Waals surface area contributed by atoms with Crippen molar-refractivity contribution in [3.05, 3.63) is 23.6 Å². The van der Waals surface area contributed by atoms with Crippen LogP contribution in [-0.2, 0) is 0 Å². The van der Waals surface area contributed by atoms with Crippen molar-refractivity contribution in [3.8, 4) is 0 Å². The number of nitrogens with one attached hydrogen (secondary N) is 1. The maximum atomic E-state index is 5.31. The van der Waals surface area contributed by atoms with E-state index in [-0.39, 0.29) is 0 Å². The third-order valence-corrected chi connectivity index (χ3v) is 3.57. The third-order valence-electron chi connectivity index (χ3n) is 3.57. The Labute approximate surface area is 89.5 Å². The molecule has 0 saturated carbocycles. The van der Waals surface area contributed by atoms with Crippen molar-refractivity contribution >= 4 is 5.57 Å². The molecule has 1 aromatic rings. The Balaban J connectivity index is 1.83. The number of hydrogen-bond donors (Lipinski definition) is 1. The Morgan fingerprint density at radius 1 is 1.40 bits per heavy atom. The van der Waals surface area contributed by atoms with Gasteiger partial charge in [-0.3, -0.25) is 0 Å². The zero-order chi connectivity index (χ0) is 10.3. The zero-order valence-electron chi connectivity index (χ0n) is 8.99. The van der Waals surface area contributed by atoms with Crippen LogP contribution in [0.2, 0.25) is 0 Å². The van der Waals surface area contributed by atoms with Crippen LogP contribution < -0.4 is 5.32 Å². The van der Waals surface area contributed by atoms with E-state index in [4.69, 9.17) is 4.52 Å². The Bertz CT molecular complexity index is 394.